The van der Waals surface area contributed by atoms with Gasteiger partial charge in [-0.3, -0.25) is 9.78 Å². The van der Waals surface area contributed by atoms with Crippen LogP contribution in [0.1, 0.15) is 54.4 Å². The second-order valence-electron chi connectivity index (χ2n) is 10.8. The quantitative estimate of drug-likeness (QED) is 0.505. The van der Waals surface area contributed by atoms with Gasteiger partial charge in [-0.2, -0.15) is 0 Å². The first-order chi connectivity index (χ1) is 17.9. The van der Waals surface area contributed by atoms with Gasteiger partial charge in [0.1, 0.15) is 5.82 Å². The van der Waals surface area contributed by atoms with E-state index in [0.29, 0.717) is 79.9 Å². The highest BCUT2D eigenvalue weighted by molar-refractivity contribution is 6.07. The molecular weight excluding hydrogens is 467 g/mol. The van der Waals surface area contributed by atoms with Crippen LogP contribution in [0, 0.1) is 18.3 Å². The molecule has 37 heavy (non-hydrogen) atoms. The normalized spacial score (nSPS) is 21.0. The Morgan fingerprint density at radius 2 is 1.73 bits per heavy atom. The summed E-state index contributed by atoms with van der Waals surface area (Å²) in [5, 5.41) is 11.6. The molecule has 0 bridgehead atoms. The molecule has 3 fully saturated rings. The number of likely N-dealkylation sites (tertiary alicyclic amines) is 1. The van der Waals surface area contributed by atoms with E-state index < -0.39 is 11.1 Å². The lowest BCUT2D eigenvalue weighted by Crippen LogP contribution is -2.48. The highest BCUT2D eigenvalue weighted by Crippen LogP contribution is 2.45. The number of aliphatic hydroxyl groups is 1. The topological polar surface area (TPSA) is 61.0 Å². The van der Waals surface area contributed by atoms with Crippen molar-refractivity contribution in [2.45, 2.75) is 49.7 Å². The van der Waals surface area contributed by atoms with Gasteiger partial charge in [0.05, 0.1) is 22.4 Å². The number of nitrogens with zero attached hydrogens (tertiary/aromatic N) is 4. The molecule has 0 atom stereocenters. The Morgan fingerprint density at radius 1 is 1.03 bits per heavy atom. The number of aromatic nitrogens is 1. The monoisotopic (exact) mass is 498 g/mol. The Labute approximate surface area is 216 Å². The smallest absolute Gasteiger partial charge is 0.260 e. The number of carbonyl (C=O) groups excluding carboxylic acids is 1. The minimum Gasteiger partial charge on any atom is -0.389 e. The molecule has 2 aliphatic heterocycles. The summed E-state index contributed by atoms with van der Waals surface area (Å²) in [5.41, 5.74) is 1.56. The van der Waals surface area contributed by atoms with Gasteiger partial charge in [0.25, 0.3) is 11.4 Å². The summed E-state index contributed by atoms with van der Waals surface area (Å²) in [6.07, 6.45) is 6.16. The highest BCUT2D eigenvalue weighted by atomic mass is 19.1. The summed E-state index contributed by atoms with van der Waals surface area (Å²) in [6, 6.07) is 14.4. The zero-order chi connectivity index (χ0) is 25.6. The molecule has 0 spiro atoms. The Kier molecular flexibility index (Phi) is 5.88. The first-order valence-corrected chi connectivity index (χ1v) is 13.2. The summed E-state index contributed by atoms with van der Waals surface area (Å²) in [6.45, 7) is 10.1. The van der Waals surface area contributed by atoms with Crippen LogP contribution in [0.25, 0.3) is 15.7 Å². The number of benzene rings is 2. The fourth-order valence-electron chi connectivity index (χ4n) is 6.26. The second kappa shape index (κ2) is 9.11. The van der Waals surface area contributed by atoms with Crippen molar-refractivity contribution in [2.24, 2.45) is 5.92 Å². The van der Waals surface area contributed by atoms with Crippen molar-refractivity contribution in [2.75, 3.05) is 31.1 Å². The minimum absolute atomic E-state index is 0.128. The van der Waals surface area contributed by atoms with Gasteiger partial charge in [0.15, 0.2) is 0 Å². The first-order valence-electron chi connectivity index (χ1n) is 13.2. The standard InChI is InChI=1S/C30H31FN4O2/c1-32-29(21-5-3-2-4-6-21)11-15-34(16-12-29)27-24-19-23(31)9-10-26(24)33-20-25(27)28(36)35-17-13-30(37,14-18-35)22-7-8-22/h2-6,9-10,19-20,22,37H,7-8,11-18H2. The number of anilines is 1. The molecule has 1 aliphatic carbocycles. The van der Waals surface area contributed by atoms with Crippen LogP contribution in [0.4, 0.5) is 10.1 Å². The van der Waals surface area contributed by atoms with Crippen LogP contribution in [0.3, 0.4) is 0 Å². The van der Waals surface area contributed by atoms with Gasteiger partial charge in [0.2, 0.25) is 0 Å². The van der Waals surface area contributed by atoms with Crippen molar-refractivity contribution in [1.82, 2.24) is 9.88 Å². The largest absolute Gasteiger partial charge is 0.389 e. The summed E-state index contributed by atoms with van der Waals surface area (Å²) in [4.78, 5) is 26.4. The van der Waals surface area contributed by atoms with Gasteiger partial charge < -0.3 is 19.8 Å². The third kappa shape index (κ3) is 4.23. The lowest BCUT2D eigenvalue weighted by atomic mass is 9.81. The van der Waals surface area contributed by atoms with Crippen molar-refractivity contribution >= 4 is 22.5 Å². The van der Waals surface area contributed by atoms with E-state index in [2.05, 4.69) is 14.7 Å². The number of carbonyl (C=O) groups is 1. The first kappa shape index (κ1) is 23.9. The number of fused-ring (bicyclic) bond motifs is 1. The second-order valence-corrected chi connectivity index (χ2v) is 10.8. The average Bonchev–Trinajstić information content (AvgIpc) is 3.80. The maximum absolute atomic E-state index is 14.4. The highest BCUT2D eigenvalue weighted by Gasteiger charge is 2.47. The molecule has 3 aromatic rings. The van der Waals surface area contributed by atoms with Gasteiger partial charge in [-0.15, -0.1) is 0 Å². The third-order valence-electron chi connectivity index (χ3n) is 8.72. The van der Waals surface area contributed by atoms with Crippen LogP contribution < -0.4 is 4.90 Å². The molecular formula is C30H31FN4O2. The molecule has 7 heteroatoms. The van der Waals surface area contributed by atoms with Crippen molar-refractivity contribution in [1.29, 1.82) is 0 Å². The van der Waals surface area contributed by atoms with E-state index in [0.717, 1.165) is 18.4 Å². The summed E-state index contributed by atoms with van der Waals surface area (Å²) in [5.74, 6) is -0.132. The Bertz CT molecular complexity index is 1370. The minimum atomic E-state index is -0.655. The van der Waals surface area contributed by atoms with Gasteiger partial charge in [-0.1, -0.05) is 30.3 Å². The molecule has 2 saturated heterocycles. The molecule has 1 aromatic heterocycles. The SMILES string of the molecule is [C-]#[N+]C1(c2ccccc2)CCN(c2c(C(=O)N3CCC(O)(C4CC4)CC3)cnc3ccc(F)cc23)CC1. The van der Waals surface area contributed by atoms with Crippen molar-refractivity contribution < 1.29 is 14.3 Å². The van der Waals surface area contributed by atoms with Crippen LogP contribution in [0.2, 0.25) is 0 Å². The van der Waals surface area contributed by atoms with Gasteiger partial charge in [-0.25, -0.2) is 11.0 Å². The molecule has 1 N–H and O–H groups in total. The van der Waals surface area contributed by atoms with Gasteiger partial charge >= 0.3 is 0 Å². The predicted octanol–water partition coefficient (Wildman–Crippen LogP) is 5.17. The zero-order valence-corrected chi connectivity index (χ0v) is 20.9. The van der Waals surface area contributed by atoms with Crippen LogP contribution in [-0.4, -0.2) is 52.7 Å². The number of amides is 1. The average molecular weight is 499 g/mol. The Hall–Kier alpha value is -3.50. The maximum Gasteiger partial charge on any atom is 0.260 e. The van der Waals surface area contributed by atoms with Crippen LogP contribution >= 0.6 is 0 Å². The lowest BCUT2D eigenvalue weighted by Gasteiger charge is -2.40. The number of rotatable bonds is 4. The van der Waals surface area contributed by atoms with E-state index in [1.807, 2.05) is 30.3 Å². The van der Waals surface area contributed by atoms with E-state index in [1.54, 1.807) is 17.2 Å². The lowest BCUT2D eigenvalue weighted by molar-refractivity contribution is -0.0339. The van der Waals surface area contributed by atoms with E-state index in [4.69, 9.17) is 6.57 Å². The molecule has 6 rings (SSSR count). The Balaban J connectivity index is 1.32. The molecule has 190 valence electrons. The predicted molar refractivity (Wildman–Crippen MR) is 141 cm³/mol. The number of halogens is 1. The molecule has 3 heterocycles. The van der Waals surface area contributed by atoms with E-state index >= 15 is 0 Å². The third-order valence-corrected chi connectivity index (χ3v) is 8.72. The number of hydrogen-bond donors (Lipinski definition) is 1. The van der Waals surface area contributed by atoms with Gasteiger partial charge in [0, 0.05) is 56.2 Å². The summed E-state index contributed by atoms with van der Waals surface area (Å²) < 4.78 is 14.4. The molecule has 0 radical (unpaired) electrons. The number of piperidine rings is 2. The van der Waals surface area contributed by atoms with Crippen LogP contribution in [0.15, 0.2) is 54.7 Å². The molecule has 6 nitrogen and oxygen atoms in total. The molecule has 0 unspecified atom stereocenters. The molecule has 1 amide bonds. The fraction of sp³-hybridized carbons (Fsp3) is 0.433. The molecule has 1 saturated carbocycles. The maximum atomic E-state index is 14.4. The molecule has 3 aliphatic rings. The number of pyridine rings is 1. The summed E-state index contributed by atoms with van der Waals surface area (Å²) >= 11 is 0. The summed E-state index contributed by atoms with van der Waals surface area (Å²) in [7, 11) is 0. The van der Waals surface area contributed by atoms with Crippen molar-refractivity contribution in [3.8, 4) is 0 Å². The van der Waals surface area contributed by atoms with E-state index in [-0.39, 0.29) is 11.7 Å². The van der Waals surface area contributed by atoms with Crippen LogP contribution in [-0.2, 0) is 5.54 Å². The van der Waals surface area contributed by atoms with Crippen LogP contribution in [0.5, 0.6) is 0 Å². The van der Waals surface area contributed by atoms with E-state index in [9.17, 15) is 14.3 Å². The molecule has 2 aromatic carbocycles. The number of hydrogen-bond acceptors (Lipinski definition) is 4. The van der Waals surface area contributed by atoms with Crippen molar-refractivity contribution in [3.05, 3.63) is 83.1 Å². The fourth-order valence-corrected chi connectivity index (χ4v) is 6.26. The van der Waals surface area contributed by atoms with E-state index in [1.165, 1.54) is 12.1 Å². The zero-order valence-electron chi connectivity index (χ0n) is 20.9. The van der Waals surface area contributed by atoms with Gasteiger partial charge in [-0.05, 0) is 49.8 Å². The van der Waals surface area contributed by atoms with Crippen molar-refractivity contribution in [3.63, 3.8) is 0 Å². The Morgan fingerprint density at radius 3 is 2.38 bits per heavy atom.